The molecule has 0 aromatic heterocycles. The predicted molar refractivity (Wildman–Crippen MR) is 60.1 cm³/mol. The van der Waals surface area contributed by atoms with Gasteiger partial charge in [0.15, 0.2) is 11.5 Å². The van der Waals surface area contributed by atoms with E-state index in [-0.39, 0.29) is 0 Å². The second-order valence-electron chi connectivity index (χ2n) is 2.93. The summed E-state index contributed by atoms with van der Waals surface area (Å²) in [4.78, 5) is 10.9. The van der Waals surface area contributed by atoms with Gasteiger partial charge in [0.1, 0.15) is 0 Å². The maximum Gasteiger partial charge on any atom is 0.224 e. The molecule has 5 nitrogen and oxygen atoms in total. The van der Waals surface area contributed by atoms with E-state index in [1.54, 1.807) is 12.1 Å². The maximum atomic E-state index is 10.9. The van der Waals surface area contributed by atoms with Gasteiger partial charge in [0.05, 0.1) is 27.0 Å². The first kappa shape index (κ1) is 12.2. The molecule has 1 aromatic carbocycles. The third-order valence-corrected chi connectivity index (χ3v) is 1.98. The average Bonchev–Trinajstić information content (AvgIpc) is 2.27. The number of rotatable bonds is 4. The number of amides is 1. The first-order chi connectivity index (χ1) is 7.63. The minimum absolute atomic E-state index is 0.402. The van der Waals surface area contributed by atoms with E-state index in [1.807, 2.05) is 0 Å². The Kier molecular flexibility index (Phi) is 3.99. The van der Waals surface area contributed by atoms with E-state index < -0.39 is 5.91 Å². The van der Waals surface area contributed by atoms with Gasteiger partial charge in [0, 0.05) is 6.92 Å². The summed E-state index contributed by atoms with van der Waals surface area (Å²) in [5.41, 5.74) is 0.486. The van der Waals surface area contributed by atoms with E-state index >= 15 is 0 Å². The molecule has 0 aliphatic heterocycles. The van der Waals surface area contributed by atoms with E-state index in [9.17, 15) is 4.79 Å². The highest BCUT2D eigenvalue weighted by Crippen LogP contribution is 2.42. The van der Waals surface area contributed by atoms with Crippen LogP contribution in [-0.4, -0.2) is 27.2 Å². The Bertz CT molecular complexity index is 390. The van der Waals surface area contributed by atoms with Crippen LogP contribution in [0.1, 0.15) is 0 Å². The summed E-state index contributed by atoms with van der Waals surface area (Å²) in [5, 5.41) is 2.54. The molecule has 16 heavy (non-hydrogen) atoms. The van der Waals surface area contributed by atoms with Gasteiger partial charge in [0.25, 0.3) is 0 Å². The third kappa shape index (κ3) is 2.36. The number of hydrogen-bond acceptors (Lipinski definition) is 4. The fraction of sp³-hybridized carbons (Fsp3) is 0.273. The summed E-state index contributed by atoms with van der Waals surface area (Å²) in [6, 6.07) is 3.33. The highest BCUT2D eigenvalue weighted by atomic mass is 16.5. The largest absolute Gasteiger partial charge is 0.493 e. The summed E-state index contributed by atoms with van der Waals surface area (Å²) >= 11 is 0. The summed E-state index contributed by atoms with van der Waals surface area (Å²) in [6.45, 7) is 3.23. The van der Waals surface area contributed by atoms with E-state index in [0.717, 1.165) is 0 Å². The third-order valence-electron chi connectivity index (χ3n) is 1.98. The van der Waals surface area contributed by atoms with E-state index in [4.69, 9.17) is 14.2 Å². The van der Waals surface area contributed by atoms with E-state index in [0.29, 0.717) is 22.9 Å². The number of anilines is 1. The zero-order chi connectivity index (χ0) is 12.1. The molecule has 5 heteroatoms. The topological polar surface area (TPSA) is 56.8 Å². The van der Waals surface area contributed by atoms with Crippen molar-refractivity contribution in [2.24, 2.45) is 0 Å². The van der Waals surface area contributed by atoms with Crippen LogP contribution in [0.3, 0.4) is 0 Å². The van der Waals surface area contributed by atoms with Crippen molar-refractivity contribution in [3.8, 4) is 17.2 Å². The van der Waals surface area contributed by atoms with Gasteiger partial charge in [-0.05, 0) is 12.1 Å². The van der Waals surface area contributed by atoms with Crippen LogP contribution >= 0.6 is 0 Å². The summed E-state index contributed by atoms with van der Waals surface area (Å²) in [7, 11) is 4.50. The lowest BCUT2D eigenvalue weighted by Gasteiger charge is -2.15. The van der Waals surface area contributed by atoms with Crippen LogP contribution in [0.4, 0.5) is 5.69 Å². The van der Waals surface area contributed by atoms with Crippen LogP contribution in [0, 0.1) is 6.92 Å². The number of hydrogen-bond donors (Lipinski definition) is 1. The van der Waals surface area contributed by atoms with Crippen molar-refractivity contribution in [3.05, 3.63) is 19.1 Å². The SMILES string of the molecule is [CH2]C(=O)Nc1ccc(OC)c(OC)c1OC. The molecule has 0 unspecified atom stereocenters. The molecule has 0 aliphatic rings. The first-order valence-corrected chi connectivity index (χ1v) is 4.56. The number of carbonyl (C=O) groups excluding carboxylic acids is 1. The van der Waals surface area contributed by atoms with Gasteiger partial charge >= 0.3 is 0 Å². The Morgan fingerprint density at radius 1 is 1.12 bits per heavy atom. The summed E-state index contributed by atoms with van der Waals surface area (Å²) in [6.07, 6.45) is 0. The van der Waals surface area contributed by atoms with Crippen molar-refractivity contribution in [2.75, 3.05) is 26.6 Å². The fourth-order valence-electron chi connectivity index (χ4n) is 1.35. The molecule has 0 saturated heterocycles. The minimum atomic E-state index is -0.425. The zero-order valence-electron chi connectivity index (χ0n) is 9.49. The summed E-state index contributed by atoms with van der Waals surface area (Å²) in [5.74, 6) is 0.932. The quantitative estimate of drug-likeness (QED) is 0.841. The van der Waals surface area contributed by atoms with Crippen LogP contribution < -0.4 is 19.5 Å². The second kappa shape index (κ2) is 5.25. The summed E-state index contributed by atoms with van der Waals surface area (Å²) < 4.78 is 15.4. The zero-order valence-corrected chi connectivity index (χ0v) is 9.49. The molecule has 0 saturated carbocycles. The normalized spacial score (nSPS) is 9.50. The Balaban J connectivity index is 3.25. The van der Waals surface area contributed by atoms with Gasteiger partial charge in [-0.2, -0.15) is 0 Å². The Morgan fingerprint density at radius 2 is 1.75 bits per heavy atom. The Labute approximate surface area is 94.3 Å². The molecular weight excluding hydrogens is 210 g/mol. The predicted octanol–water partition coefficient (Wildman–Crippen LogP) is 1.48. The molecule has 1 amide bonds. The lowest BCUT2D eigenvalue weighted by atomic mass is 10.2. The minimum Gasteiger partial charge on any atom is -0.493 e. The Hall–Kier alpha value is -1.91. The maximum absolute atomic E-state index is 10.9. The molecule has 87 valence electrons. The number of methoxy groups -OCH3 is 3. The van der Waals surface area contributed by atoms with Crippen LogP contribution in [0.5, 0.6) is 17.2 Å². The van der Waals surface area contributed by atoms with Crippen LogP contribution in [-0.2, 0) is 4.79 Å². The molecule has 0 bridgehead atoms. The molecule has 1 rings (SSSR count). The smallest absolute Gasteiger partial charge is 0.224 e. The van der Waals surface area contributed by atoms with Gasteiger partial charge in [-0.15, -0.1) is 0 Å². The van der Waals surface area contributed by atoms with Crippen LogP contribution in [0.15, 0.2) is 12.1 Å². The van der Waals surface area contributed by atoms with Crippen molar-refractivity contribution in [1.82, 2.24) is 0 Å². The molecule has 1 N–H and O–H groups in total. The second-order valence-corrected chi connectivity index (χ2v) is 2.93. The van der Waals surface area contributed by atoms with Gasteiger partial charge < -0.3 is 19.5 Å². The monoisotopic (exact) mass is 224 g/mol. The molecule has 1 radical (unpaired) electrons. The number of carbonyl (C=O) groups is 1. The van der Waals surface area contributed by atoms with Crippen molar-refractivity contribution in [1.29, 1.82) is 0 Å². The van der Waals surface area contributed by atoms with Crippen LogP contribution in [0.25, 0.3) is 0 Å². The van der Waals surface area contributed by atoms with Gasteiger partial charge in [-0.3, -0.25) is 4.79 Å². The molecule has 1 aromatic rings. The Morgan fingerprint density at radius 3 is 2.19 bits per heavy atom. The molecular formula is C11H14NO4. The van der Waals surface area contributed by atoms with Gasteiger partial charge in [-0.1, -0.05) is 0 Å². The molecule has 0 aliphatic carbocycles. The molecule has 0 spiro atoms. The van der Waals surface area contributed by atoms with Gasteiger partial charge in [0.2, 0.25) is 11.7 Å². The van der Waals surface area contributed by atoms with Gasteiger partial charge in [-0.25, -0.2) is 0 Å². The number of benzene rings is 1. The lowest BCUT2D eigenvalue weighted by Crippen LogP contribution is -2.08. The molecule has 0 atom stereocenters. The van der Waals surface area contributed by atoms with E-state index in [2.05, 4.69) is 12.2 Å². The van der Waals surface area contributed by atoms with Crippen LogP contribution in [0.2, 0.25) is 0 Å². The van der Waals surface area contributed by atoms with Crippen molar-refractivity contribution in [3.63, 3.8) is 0 Å². The standard InChI is InChI=1S/C11H14NO4/c1-7(13)12-8-5-6-9(14-2)11(16-4)10(8)15-3/h5-6H,1H2,2-4H3,(H,12,13). The van der Waals surface area contributed by atoms with Crippen molar-refractivity contribution >= 4 is 11.6 Å². The first-order valence-electron chi connectivity index (χ1n) is 4.56. The highest BCUT2D eigenvalue weighted by Gasteiger charge is 2.16. The molecule has 0 heterocycles. The lowest BCUT2D eigenvalue weighted by molar-refractivity contribution is -0.112. The highest BCUT2D eigenvalue weighted by molar-refractivity contribution is 5.96. The number of nitrogens with one attached hydrogen (secondary N) is 1. The van der Waals surface area contributed by atoms with Crippen molar-refractivity contribution < 1.29 is 19.0 Å². The van der Waals surface area contributed by atoms with E-state index in [1.165, 1.54) is 21.3 Å². The fourth-order valence-corrected chi connectivity index (χ4v) is 1.35. The average molecular weight is 224 g/mol. The molecule has 0 fully saturated rings. The number of ether oxygens (including phenoxy) is 3. The van der Waals surface area contributed by atoms with Crippen molar-refractivity contribution in [2.45, 2.75) is 0 Å².